The zero-order valence-electron chi connectivity index (χ0n) is 30.4. The van der Waals surface area contributed by atoms with Crippen LogP contribution in [0, 0.1) is 0 Å². The highest BCUT2D eigenvalue weighted by Gasteiger charge is 2.52. The predicted molar refractivity (Wildman–Crippen MR) is 233 cm³/mol. The number of fused-ring (bicyclic) bond motifs is 18. The lowest BCUT2D eigenvalue weighted by Gasteiger charge is -2.31. The largest absolute Gasteiger partial charge is 0.292 e. The highest BCUT2D eigenvalue weighted by molar-refractivity contribution is 6.26. The van der Waals surface area contributed by atoms with Crippen LogP contribution in [0.1, 0.15) is 22.3 Å². The minimum Gasteiger partial charge on any atom is -0.292 e. The van der Waals surface area contributed by atoms with Crippen molar-refractivity contribution in [1.82, 2.24) is 9.55 Å². The Kier molecular flexibility index (Phi) is 5.86. The lowest BCUT2D eigenvalue weighted by atomic mass is 9.70. The van der Waals surface area contributed by atoms with Crippen molar-refractivity contribution < 1.29 is 0 Å². The SMILES string of the molecule is c1ccc2c(c1)-c1ccc(-c3nc4ccccc4n3-c3ccc4ccccc4c3)cc1C21c2ccccc2-c2cc3c4ccccc4c4ccccc4c3cc21. The number of para-hydroxylation sites is 2. The van der Waals surface area contributed by atoms with Gasteiger partial charge in [0.05, 0.1) is 16.4 Å². The minimum absolute atomic E-state index is 0.505. The molecule has 10 aromatic carbocycles. The van der Waals surface area contributed by atoms with Crippen LogP contribution in [0.5, 0.6) is 0 Å². The van der Waals surface area contributed by atoms with Crippen molar-refractivity contribution in [3.63, 3.8) is 0 Å². The molecule has 2 aliphatic carbocycles. The molecular weight excluding hydrogens is 677 g/mol. The first-order chi connectivity index (χ1) is 27.8. The summed E-state index contributed by atoms with van der Waals surface area (Å²) in [4.78, 5) is 5.38. The van der Waals surface area contributed by atoms with Gasteiger partial charge in [-0.3, -0.25) is 4.57 Å². The van der Waals surface area contributed by atoms with Crippen molar-refractivity contribution in [1.29, 1.82) is 0 Å². The van der Waals surface area contributed by atoms with E-state index >= 15 is 0 Å². The van der Waals surface area contributed by atoms with Crippen molar-refractivity contribution in [2.75, 3.05) is 0 Å². The molecule has 1 unspecified atom stereocenters. The molecule has 0 saturated carbocycles. The Labute approximate surface area is 323 Å². The maximum absolute atomic E-state index is 5.38. The molecule has 1 aromatic heterocycles. The summed E-state index contributed by atoms with van der Waals surface area (Å²) in [6.45, 7) is 0. The summed E-state index contributed by atoms with van der Waals surface area (Å²) >= 11 is 0. The van der Waals surface area contributed by atoms with E-state index in [1.54, 1.807) is 0 Å². The minimum atomic E-state index is -0.505. The maximum atomic E-state index is 5.38. The van der Waals surface area contributed by atoms with E-state index in [0.717, 1.165) is 28.1 Å². The van der Waals surface area contributed by atoms with Gasteiger partial charge in [-0.1, -0.05) is 152 Å². The summed E-state index contributed by atoms with van der Waals surface area (Å²) in [6.07, 6.45) is 0. The summed E-state index contributed by atoms with van der Waals surface area (Å²) < 4.78 is 2.35. The van der Waals surface area contributed by atoms with Gasteiger partial charge in [0.25, 0.3) is 0 Å². The second-order valence-corrected chi connectivity index (χ2v) is 15.4. The Hall–Kier alpha value is -7.29. The van der Waals surface area contributed by atoms with Crippen molar-refractivity contribution in [2.24, 2.45) is 0 Å². The smallest absolute Gasteiger partial charge is 0.145 e. The quantitative estimate of drug-likeness (QED) is 0.164. The van der Waals surface area contributed by atoms with E-state index in [1.807, 2.05) is 0 Å². The van der Waals surface area contributed by atoms with E-state index in [2.05, 4.69) is 199 Å². The van der Waals surface area contributed by atoms with Crippen LogP contribution in [-0.4, -0.2) is 9.55 Å². The molecule has 0 amide bonds. The first kappa shape index (κ1) is 30.1. The van der Waals surface area contributed by atoms with Crippen LogP contribution in [0.4, 0.5) is 0 Å². The third-order valence-corrected chi connectivity index (χ3v) is 12.8. The summed E-state index contributed by atoms with van der Waals surface area (Å²) in [5, 5.41) is 10.2. The molecule has 2 aliphatic rings. The summed E-state index contributed by atoms with van der Waals surface area (Å²) in [5.41, 5.74) is 14.3. The van der Waals surface area contributed by atoms with Crippen molar-refractivity contribution in [3.05, 3.63) is 216 Å². The van der Waals surface area contributed by atoms with Gasteiger partial charge in [-0.15, -0.1) is 0 Å². The van der Waals surface area contributed by atoms with E-state index in [0.29, 0.717) is 0 Å². The first-order valence-electron chi connectivity index (χ1n) is 19.5. The Morgan fingerprint density at radius 1 is 0.357 bits per heavy atom. The first-order valence-corrected chi connectivity index (χ1v) is 19.5. The van der Waals surface area contributed by atoms with Gasteiger partial charge in [-0.2, -0.15) is 0 Å². The van der Waals surface area contributed by atoms with Crippen LogP contribution in [0.3, 0.4) is 0 Å². The van der Waals surface area contributed by atoms with Crippen LogP contribution >= 0.6 is 0 Å². The molecule has 2 heteroatoms. The zero-order chi connectivity index (χ0) is 36.5. The number of rotatable bonds is 2. The molecule has 0 saturated heterocycles. The monoisotopic (exact) mass is 708 g/mol. The predicted octanol–water partition coefficient (Wildman–Crippen LogP) is 13.6. The molecule has 0 radical (unpaired) electrons. The highest BCUT2D eigenvalue weighted by atomic mass is 15.1. The molecule has 13 rings (SSSR count). The zero-order valence-corrected chi connectivity index (χ0v) is 30.4. The van der Waals surface area contributed by atoms with E-state index < -0.39 is 5.41 Å². The number of benzene rings is 10. The molecule has 56 heavy (non-hydrogen) atoms. The molecular formula is C54H32N2. The fraction of sp³-hybridized carbons (Fsp3) is 0.0185. The lowest BCUT2D eigenvalue weighted by molar-refractivity contribution is 0.795. The Bertz CT molecular complexity index is 3500. The summed E-state index contributed by atoms with van der Waals surface area (Å²) in [6, 6.07) is 72.1. The third-order valence-electron chi connectivity index (χ3n) is 12.8. The van der Waals surface area contributed by atoms with E-state index in [-0.39, 0.29) is 0 Å². The van der Waals surface area contributed by atoms with Crippen molar-refractivity contribution in [2.45, 2.75) is 5.41 Å². The third kappa shape index (κ3) is 3.78. The molecule has 1 spiro atoms. The van der Waals surface area contributed by atoms with Gasteiger partial charge in [0, 0.05) is 11.3 Å². The van der Waals surface area contributed by atoms with Crippen LogP contribution < -0.4 is 0 Å². The maximum Gasteiger partial charge on any atom is 0.145 e. The topological polar surface area (TPSA) is 17.8 Å². The molecule has 2 nitrogen and oxygen atoms in total. The average molecular weight is 709 g/mol. The van der Waals surface area contributed by atoms with Gasteiger partial charge in [-0.05, 0) is 130 Å². The van der Waals surface area contributed by atoms with Gasteiger partial charge in [0.2, 0.25) is 0 Å². The van der Waals surface area contributed by atoms with Crippen molar-refractivity contribution >= 4 is 54.1 Å². The fourth-order valence-electron chi connectivity index (χ4n) is 10.5. The van der Waals surface area contributed by atoms with E-state index in [1.165, 1.54) is 87.6 Å². The summed E-state index contributed by atoms with van der Waals surface area (Å²) in [7, 11) is 0. The number of hydrogen-bond acceptors (Lipinski definition) is 1. The van der Waals surface area contributed by atoms with Crippen molar-refractivity contribution in [3.8, 4) is 39.3 Å². The Morgan fingerprint density at radius 3 is 1.66 bits per heavy atom. The standard InChI is InChI=1S/C54H32N2/c1-2-14-34-29-36(27-25-33(34)13-1)56-52-24-12-11-23-51(52)55-53(56)35-26-28-43-41-19-7-9-21-47(41)54(49(43)30-35)48-22-10-8-20-42(48)46-31-44-39-17-5-3-15-37(39)38-16-4-6-18-40(38)45(44)32-50(46)54/h1-32H. The van der Waals surface area contributed by atoms with Crippen LogP contribution in [0.25, 0.3) is 93.5 Å². The highest BCUT2D eigenvalue weighted by Crippen LogP contribution is 2.64. The number of nitrogens with zero attached hydrogens (tertiary/aromatic N) is 2. The van der Waals surface area contributed by atoms with E-state index in [4.69, 9.17) is 4.98 Å². The Morgan fingerprint density at radius 2 is 0.911 bits per heavy atom. The normalized spacial score (nSPS) is 15.2. The fourth-order valence-corrected chi connectivity index (χ4v) is 10.5. The number of hydrogen-bond donors (Lipinski definition) is 0. The molecule has 1 heterocycles. The average Bonchev–Trinajstić information content (AvgIpc) is 3.90. The van der Waals surface area contributed by atoms with E-state index in [9.17, 15) is 0 Å². The Balaban J connectivity index is 1.14. The van der Waals surface area contributed by atoms with Gasteiger partial charge in [0.15, 0.2) is 0 Å². The van der Waals surface area contributed by atoms with Gasteiger partial charge in [-0.25, -0.2) is 4.98 Å². The van der Waals surface area contributed by atoms with Gasteiger partial charge in [0.1, 0.15) is 5.82 Å². The van der Waals surface area contributed by atoms with Gasteiger partial charge >= 0.3 is 0 Å². The molecule has 258 valence electrons. The molecule has 0 bridgehead atoms. The van der Waals surface area contributed by atoms with Crippen LogP contribution in [0.15, 0.2) is 194 Å². The second kappa shape index (κ2) is 10.9. The second-order valence-electron chi connectivity index (χ2n) is 15.4. The number of imidazole rings is 1. The molecule has 0 N–H and O–H groups in total. The number of aromatic nitrogens is 2. The van der Waals surface area contributed by atoms with Crippen LogP contribution in [-0.2, 0) is 5.41 Å². The van der Waals surface area contributed by atoms with Gasteiger partial charge < -0.3 is 0 Å². The lowest BCUT2D eigenvalue weighted by Crippen LogP contribution is -2.26. The molecule has 1 atom stereocenters. The molecule has 0 aliphatic heterocycles. The summed E-state index contributed by atoms with van der Waals surface area (Å²) in [5.74, 6) is 0.942. The molecule has 0 fully saturated rings. The molecule has 11 aromatic rings. The van der Waals surface area contributed by atoms with Crippen LogP contribution in [0.2, 0.25) is 0 Å².